The van der Waals surface area contributed by atoms with Crippen molar-refractivity contribution in [3.05, 3.63) is 42.4 Å². The van der Waals surface area contributed by atoms with E-state index >= 15 is 0 Å². The molecule has 0 spiro atoms. The summed E-state index contributed by atoms with van der Waals surface area (Å²) in [6, 6.07) is 7.14. The van der Waals surface area contributed by atoms with E-state index in [-0.39, 0.29) is 23.1 Å². The predicted octanol–water partition coefficient (Wildman–Crippen LogP) is 3.92. The number of rotatable bonds is 4. The molecule has 0 radical (unpaired) electrons. The third-order valence-electron chi connectivity index (χ3n) is 5.76. The number of nitrogens with one attached hydrogen (secondary N) is 2. The maximum absolute atomic E-state index is 13.4. The molecule has 0 saturated heterocycles. The minimum absolute atomic E-state index is 0.136. The predicted molar refractivity (Wildman–Crippen MR) is 107 cm³/mol. The second-order valence-corrected chi connectivity index (χ2v) is 7.50. The van der Waals surface area contributed by atoms with Crippen LogP contribution in [0.15, 0.2) is 36.8 Å². The Morgan fingerprint density at radius 3 is 2.72 bits per heavy atom. The smallest absolute Gasteiger partial charge is 0.240 e. The van der Waals surface area contributed by atoms with Gasteiger partial charge in [0.25, 0.3) is 0 Å². The number of aromatic amines is 2. The topological polar surface area (TPSA) is 120 Å². The van der Waals surface area contributed by atoms with Gasteiger partial charge in [0.1, 0.15) is 0 Å². The van der Waals surface area contributed by atoms with Gasteiger partial charge in [0.15, 0.2) is 11.5 Å². The molecule has 4 aromatic rings. The molecular formula is C21H21N5O3. The third-order valence-corrected chi connectivity index (χ3v) is 5.76. The summed E-state index contributed by atoms with van der Waals surface area (Å²) in [5.74, 6) is -1.05. The molecule has 0 amide bonds. The molecule has 0 bridgehead atoms. The maximum atomic E-state index is 13.4. The number of ketones is 1. The zero-order chi connectivity index (χ0) is 20.0. The van der Waals surface area contributed by atoms with Crippen molar-refractivity contribution in [2.75, 3.05) is 0 Å². The Balaban J connectivity index is 1.73. The summed E-state index contributed by atoms with van der Waals surface area (Å²) < 4.78 is 1.49. The van der Waals surface area contributed by atoms with E-state index < -0.39 is 5.75 Å². The average Bonchev–Trinajstić information content (AvgIpc) is 3.48. The van der Waals surface area contributed by atoms with Crippen LogP contribution in [0, 0.1) is 5.92 Å². The standard InChI is InChI=1S/C21H21N5O3/c27-19(12-4-2-1-3-5-12)17-18(15-8-9-24-25-15)26(21(29)20(17)28)13-6-7-14-16(10-13)23-11-22-14/h6-12,28-29H,1-5H2,(H,22,23)(H,24,25). The van der Waals surface area contributed by atoms with Gasteiger partial charge >= 0.3 is 0 Å². The van der Waals surface area contributed by atoms with Crippen molar-refractivity contribution in [1.29, 1.82) is 0 Å². The second-order valence-electron chi connectivity index (χ2n) is 7.50. The van der Waals surface area contributed by atoms with E-state index in [0.29, 0.717) is 17.1 Å². The molecule has 8 heteroatoms. The number of benzene rings is 1. The molecule has 0 aliphatic heterocycles. The van der Waals surface area contributed by atoms with Gasteiger partial charge in [-0.15, -0.1) is 0 Å². The van der Waals surface area contributed by atoms with E-state index in [2.05, 4.69) is 20.2 Å². The van der Waals surface area contributed by atoms with Crippen molar-refractivity contribution in [1.82, 2.24) is 24.7 Å². The molecule has 148 valence electrons. The molecule has 0 atom stereocenters. The lowest BCUT2D eigenvalue weighted by Gasteiger charge is -2.20. The number of carbonyl (C=O) groups excluding carboxylic acids is 1. The van der Waals surface area contributed by atoms with Crippen LogP contribution >= 0.6 is 0 Å². The maximum Gasteiger partial charge on any atom is 0.240 e. The normalized spacial score (nSPS) is 15.2. The van der Waals surface area contributed by atoms with E-state index in [1.54, 1.807) is 24.7 Å². The molecule has 3 heterocycles. The van der Waals surface area contributed by atoms with E-state index in [1.165, 1.54) is 4.57 Å². The van der Waals surface area contributed by atoms with Crippen LogP contribution in [0.1, 0.15) is 42.5 Å². The summed E-state index contributed by atoms with van der Waals surface area (Å²) in [5, 5.41) is 28.5. The number of hydrogen-bond acceptors (Lipinski definition) is 5. The molecule has 1 aliphatic carbocycles. The van der Waals surface area contributed by atoms with Gasteiger partial charge in [0.05, 0.1) is 40.0 Å². The number of carbonyl (C=O) groups is 1. The average molecular weight is 391 g/mol. The summed E-state index contributed by atoms with van der Waals surface area (Å²) in [6.45, 7) is 0. The molecule has 29 heavy (non-hydrogen) atoms. The summed E-state index contributed by atoms with van der Waals surface area (Å²) >= 11 is 0. The van der Waals surface area contributed by atoms with Crippen molar-refractivity contribution in [3.8, 4) is 28.7 Å². The molecular weight excluding hydrogens is 370 g/mol. The lowest BCUT2D eigenvalue weighted by atomic mass is 9.83. The highest BCUT2D eigenvalue weighted by molar-refractivity contribution is 6.06. The van der Waals surface area contributed by atoms with Crippen LogP contribution in [0.5, 0.6) is 11.6 Å². The van der Waals surface area contributed by atoms with Crippen LogP contribution in [0.3, 0.4) is 0 Å². The molecule has 0 unspecified atom stereocenters. The first-order valence-electron chi connectivity index (χ1n) is 9.79. The van der Waals surface area contributed by atoms with Gasteiger partial charge in [-0.3, -0.25) is 14.5 Å². The van der Waals surface area contributed by atoms with Crippen LogP contribution < -0.4 is 0 Å². The summed E-state index contributed by atoms with van der Waals surface area (Å²) in [6.07, 6.45) is 7.89. The first kappa shape index (κ1) is 17.5. The van der Waals surface area contributed by atoms with E-state index in [1.807, 2.05) is 12.1 Å². The fraction of sp³-hybridized carbons (Fsp3) is 0.286. The zero-order valence-electron chi connectivity index (χ0n) is 15.7. The number of Topliss-reactive ketones (excluding diaryl/α,β-unsaturated/α-hetero) is 1. The first-order valence-corrected chi connectivity index (χ1v) is 9.79. The molecule has 5 rings (SSSR count). The van der Waals surface area contributed by atoms with Crippen molar-refractivity contribution in [2.45, 2.75) is 32.1 Å². The quantitative estimate of drug-likeness (QED) is 0.393. The van der Waals surface area contributed by atoms with Crippen molar-refractivity contribution in [2.24, 2.45) is 5.92 Å². The Hall–Kier alpha value is -3.55. The monoisotopic (exact) mass is 391 g/mol. The first-order chi connectivity index (χ1) is 14.1. The van der Waals surface area contributed by atoms with E-state index in [4.69, 9.17) is 0 Å². The largest absolute Gasteiger partial charge is 0.503 e. The number of fused-ring (bicyclic) bond motifs is 1. The number of aromatic nitrogens is 5. The Bertz CT molecular complexity index is 1180. The van der Waals surface area contributed by atoms with Crippen LogP contribution in [0.4, 0.5) is 0 Å². The van der Waals surface area contributed by atoms with Crippen LogP contribution in [0.2, 0.25) is 0 Å². The third kappa shape index (κ3) is 2.79. The van der Waals surface area contributed by atoms with Crippen LogP contribution in [-0.4, -0.2) is 40.7 Å². The molecule has 1 aromatic carbocycles. The molecule has 4 N–H and O–H groups in total. The fourth-order valence-electron chi connectivity index (χ4n) is 4.31. The SMILES string of the molecule is O=C(c1c(O)c(O)n(-c2ccc3nc[nH]c3c2)c1-c1ccn[nH]1)C1CCCCC1. The summed E-state index contributed by atoms with van der Waals surface area (Å²) in [7, 11) is 0. The van der Waals surface area contributed by atoms with E-state index in [0.717, 1.165) is 43.1 Å². The van der Waals surface area contributed by atoms with Gasteiger partial charge in [0.2, 0.25) is 5.88 Å². The number of hydrogen-bond donors (Lipinski definition) is 4. The molecule has 1 fully saturated rings. The van der Waals surface area contributed by atoms with Gasteiger partial charge < -0.3 is 15.2 Å². The van der Waals surface area contributed by atoms with Crippen molar-refractivity contribution < 1.29 is 15.0 Å². The zero-order valence-corrected chi connectivity index (χ0v) is 15.7. The number of imidazole rings is 1. The van der Waals surface area contributed by atoms with Gasteiger partial charge in [-0.05, 0) is 37.1 Å². The summed E-state index contributed by atoms with van der Waals surface area (Å²) in [4.78, 5) is 20.6. The molecule has 1 saturated carbocycles. The fourth-order valence-corrected chi connectivity index (χ4v) is 4.31. The Morgan fingerprint density at radius 1 is 1.14 bits per heavy atom. The minimum Gasteiger partial charge on any atom is -0.503 e. The van der Waals surface area contributed by atoms with Gasteiger partial charge in [0, 0.05) is 12.1 Å². The van der Waals surface area contributed by atoms with E-state index in [9.17, 15) is 15.0 Å². The lowest BCUT2D eigenvalue weighted by molar-refractivity contribution is 0.0887. The Kier molecular flexibility index (Phi) is 4.12. The summed E-state index contributed by atoms with van der Waals surface area (Å²) in [5.41, 5.74) is 3.26. The van der Waals surface area contributed by atoms with Crippen LogP contribution in [-0.2, 0) is 0 Å². The highest BCUT2D eigenvalue weighted by atomic mass is 16.3. The number of nitrogens with zero attached hydrogens (tertiary/aromatic N) is 3. The van der Waals surface area contributed by atoms with Crippen molar-refractivity contribution >= 4 is 16.8 Å². The highest BCUT2D eigenvalue weighted by Crippen LogP contribution is 2.44. The van der Waals surface area contributed by atoms with Crippen LogP contribution in [0.25, 0.3) is 28.1 Å². The van der Waals surface area contributed by atoms with Gasteiger partial charge in [-0.1, -0.05) is 19.3 Å². The minimum atomic E-state index is -0.394. The van der Waals surface area contributed by atoms with Crippen molar-refractivity contribution in [3.63, 3.8) is 0 Å². The molecule has 8 nitrogen and oxygen atoms in total. The molecule has 1 aliphatic rings. The number of aromatic hydroxyl groups is 2. The molecule has 3 aromatic heterocycles. The van der Waals surface area contributed by atoms with Gasteiger partial charge in [-0.25, -0.2) is 4.98 Å². The second kappa shape index (κ2) is 6.80. The Morgan fingerprint density at radius 2 is 1.97 bits per heavy atom. The Labute approximate surface area is 166 Å². The number of H-pyrrole nitrogens is 2. The highest BCUT2D eigenvalue weighted by Gasteiger charge is 2.34. The van der Waals surface area contributed by atoms with Gasteiger partial charge in [-0.2, -0.15) is 5.10 Å². The lowest BCUT2D eigenvalue weighted by Crippen LogP contribution is -2.18.